The summed E-state index contributed by atoms with van der Waals surface area (Å²) in [5, 5.41) is 3.62. The molecule has 2 heteroatoms. The zero-order valence-corrected chi connectivity index (χ0v) is 9.82. The molecule has 3 atom stereocenters. The second kappa shape index (κ2) is 4.81. The van der Waals surface area contributed by atoms with E-state index < -0.39 is 0 Å². The van der Waals surface area contributed by atoms with Crippen molar-refractivity contribution in [3.05, 3.63) is 48.0 Å². The van der Waals surface area contributed by atoms with Gasteiger partial charge in [-0.15, -0.1) is 6.58 Å². The van der Waals surface area contributed by atoms with Gasteiger partial charge in [0.15, 0.2) is 0 Å². The van der Waals surface area contributed by atoms with E-state index in [0.717, 1.165) is 12.8 Å². The van der Waals surface area contributed by atoms with Crippen LogP contribution >= 0.6 is 0 Å². The predicted molar refractivity (Wildman–Crippen MR) is 68.1 cm³/mol. The number of rotatable bonds is 4. The fraction of sp³-hybridized carbons (Fsp3) is 0.429. The van der Waals surface area contributed by atoms with Gasteiger partial charge in [-0.2, -0.15) is 0 Å². The summed E-state index contributed by atoms with van der Waals surface area (Å²) in [6.45, 7) is 5.96. The summed E-state index contributed by atoms with van der Waals surface area (Å²) in [4.78, 5) is 0. The number of fused-ring (bicyclic) bond motifs is 1. The SMILES string of the molecule is C=CCC(C)NC1CC(N)c2ccccc21. The minimum atomic E-state index is 0.185. The third kappa shape index (κ3) is 2.18. The molecule has 0 aliphatic heterocycles. The Hall–Kier alpha value is -1.12. The Labute approximate surface area is 97.5 Å². The Kier molecular flexibility index (Phi) is 3.42. The first-order valence-corrected chi connectivity index (χ1v) is 5.93. The van der Waals surface area contributed by atoms with E-state index in [9.17, 15) is 0 Å². The maximum absolute atomic E-state index is 6.13. The van der Waals surface area contributed by atoms with E-state index in [2.05, 4.69) is 43.1 Å². The third-order valence-corrected chi connectivity index (χ3v) is 3.27. The number of nitrogens with two attached hydrogens (primary N) is 1. The lowest BCUT2D eigenvalue weighted by molar-refractivity contribution is 0.438. The molecule has 0 aromatic heterocycles. The first kappa shape index (κ1) is 11.4. The Morgan fingerprint density at radius 3 is 2.88 bits per heavy atom. The predicted octanol–water partition coefficient (Wildman–Crippen LogP) is 2.69. The fourth-order valence-corrected chi connectivity index (χ4v) is 2.49. The molecule has 2 nitrogen and oxygen atoms in total. The van der Waals surface area contributed by atoms with Gasteiger partial charge >= 0.3 is 0 Å². The van der Waals surface area contributed by atoms with Crippen molar-refractivity contribution in [1.29, 1.82) is 0 Å². The molecule has 0 radical (unpaired) electrons. The van der Waals surface area contributed by atoms with Crippen LogP contribution in [0.2, 0.25) is 0 Å². The van der Waals surface area contributed by atoms with Gasteiger partial charge in [-0.1, -0.05) is 30.3 Å². The minimum Gasteiger partial charge on any atom is -0.324 e. The van der Waals surface area contributed by atoms with Crippen molar-refractivity contribution in [3.63, 3.8) is 0 Å². The zero-order valence-electron chi connectivity index (χ0n) is 9.82. The highest BCUT2D eigenvalue weighted by Crippen LogP contribution is 2.37. The highest BCUT2D eigenvalue weighted by Gasteiger charge is 2.28. The molecule has 0 heterocycles. The molecule has 1 aliphatic rings. The van der Waals surface area contributed by atoms with Crippen molar-refractivity contribution in [3.8, 4) is 0 Å². The largest absolute Gasteiger partial charge is 0.324 e. The van der Waals surface area contributed by atoms with E-state index in [0.29, 0.717) is 12.1 Å². The van der Waals surface area contributed by atoms with Crippen LogP contribution in [0.1, 0.15) is 43.0 Å². The Bertz CT molecular complexity index is 373. The maximum Gasteiger partial charge on any atom is 0.0344 e. The van der Waals surface area contributed by atoms with Crippen LogP contribution in [0.4, 0.5) is 0 Å². The van der Waals surface area contributed by atoms with Crippen molar-refractivity contribution in [1.82, 2.24) is 5.32 Å². The molecule has 1 aromatic rings. The Balaban J connectivity index is 2.11. The Morgan fingerprint density at radius 1 is 1.50 bits per heavy atom. The van der Waals surface area contributed by atoms with E-state index in [4.69, 9.17) is 5.73 Å². The van der Waals surface area contributed by atoms with Crippen molar-refractivity contribution in [2.75, 3.05) is 0 Å². The summed E-state index contributed by atoms with van der Waals surface area (Å²) < 4.78 is 0. The van der Waals surface area contributed by atoms with E-state index in [1.165, 1.54) is 11.1 Å². The molecule has 3 unspecified atom stereocenters. The molecule has 0 fully saturated rings. The molecular formula is C14H20N2. The monoisotopic (exact) mass is 216 g/mol. The molecule has 0 bridgehead atoms. The molecule has 3 N–H and O–H groups in total. The summed E-state index contributed by atoms with van der Waals surface area (Å²) in [5.74, 6) is 0. The number of hydrogen-bond donors (Lipinski definition) is 2. The van der Waals surface area contributed by atoms with E-state index in [1.54, 1.807) is 0 Å². The fourth-order valence-electron chi connectivity index (χ4n) is 2.49. The summed E-state index contributed by atoms with van der Waals surface area (Å²) in [5.41, 5.74) is 8.79. The Morgan fingerprint density at radius 2 is 2.19 bits per heavy atom. The first-order chi connectivity index (χ1) is 7.72. The van der Waals surface area contributed by atoms with Gasteiger partial charge in [0.2, 0.25) is 0 Å². The van der Waals surface area contributed by atoms with Crippen LogP contribution in [0, 0.1) is 0 Å². The second-order valence-electron chi connectivity index (χ2n) is 4.62. The van der Waals surface area contributed by atoms with Gasteiger partial charge in [-0.3, -0.25) is 0 Å². The summed E-state index contributed by atoms with van der Waals surface area (Å²) in [7, 11) is 0. The van der Waals surface area contributed by atoms with Crippen LogP contribution < -0.4 is 11.1 Å². The molecule has 2 rings (SSSR count). The number of benzene rings is 1. The molecule has 16 heavy (non-hydrogen) atoms. The maximum atomic E-state index is 6.13. The van der Waals surface area contributed by atoms with Crippen molar-refractivity contribution < 1.29 is 0 Å². The normalized spacial score (nSPS) is 25.1. The smallest absolute Gasteiger partial charge is 0.0344 e. The second-order valence-corrected chi connectivity index (χ2v) is 4.62. The number of hydrogen-bond acceptors (Lipinski definition) is 2. The average Bonchev–Trinajstić information content (AvgIpc) is 2.57. The molecule has 0 saturated carbocycles. The van der Waals surface area contributed by atoms with Gasteiger partial charge in [0, 0.05) is 18.1 Å². The number of nitrogens with one attached hydrogen (secondary N) is 1. The van der Waals surface area contributed by atoms with Crippen LogP contribution in [0.3, 0.4) is 0 Å². The van der Waals surface area contributed by atoms with E-state index in [1.807, 2.05) is 6.08 Å². The van der Waals surface area contributed by atoms with Gasteiger partial charge < -0.3 is 11.1 Å². The standard InChI is InChI=1S/C14H20N2/c1-3-6-10(2)16-14-9-13(15)11-7-4-5-8-12(11)14/h3-5,7-8,10,13-14,16H,1,6,9,15H2,2H3. The zero-order chi connectivity index (χ0) is 11.5. The van der Waals surface area contributed by atoms with Crippen molar-refractivity contribution >= 4 is 0 Å². The van der Waals surface area contributed by atoms with Gasteiger partial charge in [0.25, 0.3) is 0 Å². The van der Waals surface area contributed by atoms with Crippen LogP contribution in [-0.2, 0) is 0 Å². The third-order valence-electron chi connectivity index (χ3n) is 3.27. The lowest BCUT2D eigenvalue weighted by Crippen LogP contribution is -2.29. The molecule has 86 valence electrons. The highest BCUT2D eigenvalue weighted by molar-refractivity contribution is 5.37. The average molecular weight is 216 g/mol. The van der Waals surface area contributed by atoms with E-state index >= 15 is 0 Å². The van der Waals surface area contributed by atoms with Crippen molar-refractivity contribution in [2.24, 2.45) is 5.73 Å². The van der Waals surface area contributed by atoms with Gasteiger partial charge in [-0.25, -0.2) is 0 Å². The summed E-state index contributed by atoms with van der Waals surface area (Å²) in [6.07, 6.45) is 3.95. The molecule has 0 amide bonds. The lowest BCUT2D eigenvalue weighted by atomic mass is 10.1. The summed E-state index contributed by atoms with van der Waals surface area (Å²) in [6, 6.07) is 9.52. The van der Waals surface area contributed by atoms with Crippen molar-refractivity contribution in [2.45, 2.75) is 37.9 Å². The van der Waals surface area contributed by atoms with Crippen LogP contribution in [0.15, 0.2) is 36.9 Å². The van der Waals surface area contributed by atoms with Crippen LogP contribution in [0.25, 0.3) is 0 Å². The van der Waals surface area contributed by atoms with E-state index in [-0.39, 0.29) is 6.04 Å². The lowest BCUT2D eigenvalue weighted by Gasteiger charge is -2.19. The van der Waals surface area contributed by atoms with Crippen LogP contribution in [-0.4, -0.2) is 6.04 Å². The highest BCUT2D eigenvalue weighted by atomic mass is 15.0. The first-order valence-electron chi connectivity index (χ1n) is 5.93. The van der Waals surface area contributed by atoms with Gasteiger partial charge in [-0.05, 0) is 30.9 Å². The molecule has 0 saturated heterocycles. The van der Waals surface area contributed by atoms with Crippen LogP contribution in [0.5, 0.6) is 0 Å². The molecule has 1 aliphatic carbocycles. The topological polar surface area (TPSA) is 38.0 Å². The van der Waals surface area contributed by atoms with Gasteiger partial charge in [0.1, 0.15) is 0 Å². The molecular weight excluding hydrogens is 196 g/mol. The quantitative estimate of drug-likeness (QED) is 0.759. The minimum absolute atomic E-state index is 0.185. The summed E-state index contributed by atoms with van der Waals surface area (Å²) >= 11 is 0. The molecule has 0 spiro atoms. The van der Waals surface area contributed by atoms with Gasteiger partial charge in [0.05, 0.1) is 0 Å². The molecule has 1 aromatic carbocycles.